The summed E-state index contributed by atoms with van der Waals surface area (Å²) in [5.74, 6) is -0.143. The minimum absolute atomic E-state index is 0.110. The van der Waals surface area contributed by atoms with E-state index in [1.807, 2.05) is 19.1 Å². The van der Waals surface area contributed by atoms with Crippen molar-refractivity contribution in [3.63, 3.8) is 0 Å². The first kappa shape index (κ1) is 9.29. The summed E-state index contributed by atoms with van der Waals surface area (Å²) in [5, 5.41) is 3.22. The summed E-state index contributed by atoms with van der Waals surface area (Å²) in [4.78, 5) is 13.9. The van der Waals surface area contributed by atoms with Crippen molar-refractivity contribution >= 4 is 5.78 Å². The minimum Gasteiger partial charge on any atom is -0.294 e. The van der Waals surface area contributed by atoms with Crippen molar-refractivity contribution in [2.45, 2.75) is 6.92 Å². The Morgan fingerprint density at radius 3 is 2.85 bits per heavy atom. The Morgan fingerprint density at radius 1 is 1.54 bits per heavy atom. The van der Waals surface area contributed by atoms with Gasteiger partial charge in [0, 0.05) is 10.5 Å². The molecule has 0 fully saturated rings. The molecule has 0 aliphatic heterocycles. The number of hydrogen-bond donors (Lipinski definition) is 0. The maximum absolute atomic E-state index is 11.4. The van der Waals surface area contributed by atoms with E-state index in [2.05, 4.69) is 10.0 Å². The van der Waals surface area contributed by atoms with E-state index in [-0.39, 0.29) is 12.3 Å². The fraction of sp³-hybridized carbons (Fsp3) is 0.222. The molecule has 0 unspecified atom stereocenters. The minimum atomic E-state index is -0.143. The van der Waals surface area contributed by atoms with Gasteiger partial charge in [-0.15, -0.1) is 0 Å². The van der Waals surface area contributed by atoms with Crippen LogP contribution in [-0.2, 0) is 0 Å². The van der Waals surface area contributed by atoms with Gasteiger partial charge >= 0.3 is 0 Å². The first-order valence-electron chi connectivity index (χ1n) is 3.85. The van der Waals surface area contributed by atoms with E-state index in [9.17, 15) is 4.79 Å². The zero-order chi connectivity index (χ0) is 9.68. The molecule has 0 aliphatic carbocycles. The normalized spacial score (nSPS) is 9.00. The Balaban J connectivity index is 2.88. The number of nitrogens with zero attached hydrogens (tertiary/aromatic N) is 3. The van der Waals surface area contributed by atoms with E-state index in [1.54, 1.807) is 12.1 Å². The summed E-state index contributed by atoms with van der Waals surface area (Å²) < 4.78 is 0. The molecule has 0 aliphatic rings. The Bertz CT molecular complexity index is 367. The third-order valence-corrected chi connectivity index (χ3v) is 1.72. The monoisotopic (exact) mass is 175 g/mol. The number of aryl methyl sites for hydroxylation is 1. The molecule has 0 saturated heterocycles. The lowest BCUT2D eigenvalue weighted by Gasteiger charge is -2.00. The van der Waals surface area contributed by atoms with Crippen LogP contribution in [0, 0.1) is 6.92 Å². The third-order valence-electron chi connectivity index (χ3n) is 1.72. The maximum atomic E-state index is 11.4. The number of ketones is 1. The first-order valence-corrected chi connectivity index (χ1v) is 3.85. The van der Waals surface area contributed by atoms with Crippen molar-refractivity contribution in [1.82, 2.24) is 0 Å². The molecule has 0 N–H and O–H groups in total. The second-order valence-corrected chi connectivity index (χ2v) is 2.63. The number of carbonyl (C=O) groups is 1. The fourth-order valence-corrected chi connectivity index (χ4v) is 1.07. The lowest BCUT2D eigenvalue weighted by Crippen LogP contribution is -2.04. The fourth-order valence-electron chi connectivity index (χ4n) is 1.07. The van der Waals surface area contributed by atoms with Gasteiger partial charge in [-0.1, -0.05) is 29.4 Å². The van der Waals surface area contributed by atoms with Crippen LogP contribution in [0.15, 0.2) is 29.4 Å². The number of benzene rings is 1. The van der Waals surface area contributed by atoms with Crippen molar-refractivity contribution in [1.29, 1.82) is 0 Å². The highest BCUT2D eigenvalue weighted by Crippen LogP contribution is 2.07. The van der Waals surface area contributed by atoms with Crippen LogP contribution in [0.3, 0.4) is 0 Å². The van der Waals surface area contributed by atoms with Crippen molar-refractivity contribution < 1.29 is 4.79 Å². The first-order chi connectivity index (χ1) is 6.25. The van der Waals surface area contributed by atoms with E-state index in [0.29, 0.717) is 5.56 Å². The van der Waals surface area contributed by atoms with Crippen LogP contribution in [0.5, 0.6) is 0 Å². The van der Waals surface area contributed by atoms with Crippen LogP contribution in [0.2, 0.25) is 0 Å². The summed E-state index contributed by atoms with van der Waals surface area (Å²) in [6.07, 6.45) is 0. The SMILES string of the molecule is Cc1ccccc1C(=O)CN=[N+]=[N-]. The molecular weight excluding hydrogens is 166 g/mol. The number of azide groups is 1. The molecule has 1 aromatic carbocycles. The highest BCUT2D eigenvalue weighted by atomic mass is 16.1. The quantitative estimate of drug-likeness (QED) is 0.301. The zero-order valence-corrected chi connectivity index (χ0v) is 7.27. The second kappa shape index (κ2) is 4.28. The van der Waals surface area contributed by atoms with Crippen LogP contribution < -0.4 is 0 Å². The maximum Gasteiger partial charge on any atom is 0.168 e. The molecular formula is C9H9N3O. The van der Waals surface area contributed by atoms with Gasteiger partial charge in [0.2, 0.25) is 0 Å². The zero-order valence-electron chi connectivity index (χ0n) is 7.27. The molecule has 0 atom stereocenters. The Morgan fingerprint density at radius 2 is 2.23 bits per heavy atom. The Hall–Kier alpha value is -1.80. The lowest BCUT2D eigenvalue weighted by atomic mass is 10.1. The summed E-state index contributed by atoms with van der Waals surface area (Å²) in [7, 11) is 0. The molecule has 0 heterocycles. The van der Waals surface area contributed by atoms with Crippen LogP contribution in [0.1, 0.15) is 15.9 Å². The smallest absolute Gasteiger partial charge is 0.168 e. The van der Waals surface area contributed by atoms with E-state index in [4.69, 9.17) is 5.53 Å². The average Bonchev–Trinajstić information content (AvgIpc) is 2.15. The molecule has 0 aromatic heterocycles. The van der Waals surface area contributed by atoms with Crippen molar-refractivity contribution in [3.8, 4) is 0 Å². The summed E-state index contributed by atoms with van der Waals surface area (Å²) >= 11 is 0. The Kier molecular flexibility index (Phi) is 3.06. The molecule has 13 heavy (non-hydrogen) atoms. The largest absolute Gasteiger partial charge is 0.294 e. The molecule has 66 valence electrons. The van der Waals surface area contributed by atoms with Gasteiger partial charge in [0.1, 0.15) is 0 Å². The molecule has 1 aromatic rings. The highest BCUT2D eigenvalue weighted by Gasteiger charge is 2.05. The van der Waals surface area contributed by atoms with Gasteiger partial charge in [-0.2, -0.15) is 0 Å². The number of Topliss-reactive ketones (excluding diaryl/α,β-unsaturated/α-hetero) is 1. The van der Waals surface area contributed by atoms with Crippen molar-refractivity contribution in [2.75, 3.05) is 6.54 Å². The van der Waals surface area contributed by atoms with Crippen molar-refractivity contribution in [2.24, 2.45) is 5.11 Å². The van der Waals surface area contributed by atoms with Gasteiger partial charge in [-0.25, -0.2) is 0 Å². The third kappa shape index (κ3) is 2.32. The number of hydrogen-bond acceptors (Lipinski definition) is 2. The standard InChI is InChI=1S/C9H9N3O/c1-7-4-2-3-5-8(7)9(13)6-11-12-10/h2-5H,6H2,1H3. The molecule has 0 spiro atoms. The van der Waals surface area contributed by atoms with Gasteiger partial charge in [0.15, 0.2) is 5.78 Å². The van der Waals surface area contributed by atoms with E-state index >= 15 is 0 Å². The topological polar surface area (TPSA) is 65.8 Å². The molecule has 1 rings (SSSR count). The summed E-state index contributed by atoms with van der Waals surface area (Å²) in [6, 6.07) is 7.23. The van der Waals surface area contributed by atoms with E-state index in [0.717, 1.165) is 5.56 Å². The number of carbonyl (C=O) groups excluding carboxylic acids is 1. The van der Waals surface area contributed by atoms with Crippen LogP contribution >= 0.6 is 0 Å². The average molecular weight is 175 g/mol. The number of rotatable bonds is 3. The van der Waals surface area contributed by atoms with Gasteiger partial charge in [0.05, 0.1) is 6.54 Å². The van der Waals surface area contributed by atoms with Gasteiger partial charge in [0.25, 0.3) is 0 Å². The van der Waals surface area contributed by atoms with Crippen molar-refractivity contribution in [3.05, 3.63) is 45.8 Å². The lowest BCUT2D eigenvalue weighted by molar-refractivity contribution is 0.100. The highest BCUT2D eigenvalue weighted by molar-refractivity contribution is 5.98. The predicted octanol–water partition coefficient (Wildman–Crippen LogP) is 2.49. The summed E-state index contributed by atoms with van der Waals surface area (Å²) in [5.41, 5.74) is 9.56. The predicted molar refractivity (Wildman–Crippen MR) is 49.5 cm³/mol. The van der Waals surface area contributed by atoms with Crippen LogP contribution in [0.4, 0.5) is 0 Å². The second-order valence-electron chi connectivity index (χ2n) is 2.63. The van der Waals surface area contributed by atoms with Gasteiger partial charge < -0.3 is 0 Å². The van der Waals surface area contributed by atoms with Gasteiger partial charge in [-0.05, 0) is 18.0 Å². The van der Waals surface area contributed by atoms with Gasteiger partial charge in [-0.3, -0.25) is 4.79 Å². The molecule has 0 bridgehead atoms. The molecule has 4 heteroatoms. The van der Waals surface area contributed by atoms with E-state index < -0.39 is 0 Å². The molecule has 0 saturated carbocycles. The molecule has 4 nitrogen and oxygen atoms in total. The van der Waals surface area contributed by atoms with Crippen LogP contribution in [0.25, 0.3) is 10.4 Å². The summed E-state index contributed by atoms with van der Waals surface area (Å²) in [6.45, 7) is 1.74. The molecule has 0 amide bonds. The Labute approximate surface area is 75.8 Å². The van der Waals surface area contributed by atoms with E-state index in [1.165, 1.54) is 0 Å². The molecule has 0 radical (unpaired) electrons. The van der Waals surface area contributed by atoms with Crippen LogP contribution in [-0.4, -0.2) is 12.3 Å².